The summed E-state index contributed by atoms with van der Waals surface area (Å²) in [5.41, 5.74) is 5.73. The molecule has 5 nitrogen and oxygen atoms in total. The fourth-order valence-electron chi connectivity index (χ4n) is 1.29. The van der Waals surface area contributed by atoms with Gasteiger partial charge in [-0.3, -0.25) is 0 Å². The number of likely N-dealkylation sites (N-methyl/N-ethyl adjacent to an activating group) is 1. The molecule has 96 valence electrons. The fraction of sp³-hybridized carbons (Fsp3) is 0.400. The first-order chi connectivity index (χ1) is 7.82. The Balaban J connectivity index is 3.32. The number of nitrogen functional groups attached to an aromatic ring is 1. The first kappa shape index (κ1) is 14.2. The van der Waals surface area contributed by atoms with Crippen LogP contribution >= 0.6 is 11.6 Å². The summed E-state index contributed by atoms with van der Waals surface area (Å²) in [5, 5.41) is 9.05. The average Bonchev–Trinajstić information content (AvgIpc) is 2.26. The molecule has 0 fully saturated rings. The molecule has 17 heavy (non-hydrogen) atoms. The standard InChI is InChI=1S/C10H15ClN2O3S/c1-7(6-14)13(2)17(15,16)10-8(11)4-3-5-9(10)12/h3-5,7,14H,6,12H2,1-2H3. The Bertz CT molecular complexity index is 484. The molecule has 1 aromatic rings. The second-order valence-corrected chi connectivity index (χ2v) is 6.05. The van der Waals surface area contributed by atoms with Crippen molar-refractivity contribution in [3.05, 3.63) is 23.2 Å². The van der Waals surface area contributed by atoms with Crippen LogP contribution < -0.4 is 5.73 Å². The molecule has 0 saturated carbocycles. The number of halogens is 1. The van der Waals surface area contributed by atoms with E-state index in [1.807, 2.05) is 0 Å². The number of aliphatic hydroxyl groups is 1. The van der Waals surface area contributed by atoms with Gasteiger partial charge in [-0.25, -0.2) is 8.42 Å². The van der Waals surface area contributed by atoms with Crippen LogP contribution in [0.2, 0.25) is 5.02 Å². The summed E-state index contributed by atoms with van der Waals surface area (Å²) in [6.45, 7) is 1.31. The molecule has 0 saturated heterocycles. The lowest BCUT2D eigenvalue weighted by Crippen LogP contribution is -2.37. The van der Waals surface area contributed by atoms with Gasteiger partial charge in [-0.2, -0.15) is 4.31 Å². The molecule has 0 aliphatic carbocycles. The maximum atomic E-state index is 12.2. The van der Waals surface area contributed by atoms with E-state index >= 15 is 0 Å². The zero-order chi connectivity index (χ0) is 13.2. The van der Waals surface area contributed by atoms with Crippen molar-refractivity contribution in [1.29, 1.82) is 0 Å². The molecule has 1 rings (SSSR count). The minimum absolute atomic E-state index is 0.0713. The van der Waals surface area contributed by atoms with E-state index in [-0.39, 0.29) is 22.2 Å². The monoisotopic (exact) mass is 278 g/mol. The first-order valence-corrected chi connectivity index (χ1v) is 6.77. The summed E-state index contributed by atoms with van der Waals surface area (Å²) in [4.78, 5) is -0.121. The minimum atomic E-state index is -3.80. The van der Waals surface area contributed by atoms with Gasteiger partial charge in [0.1, 0.15) is 4.90 Å². The third-order valence-corrected chi connectivity index (χ3v) is 5.04. The predicted molar refractivity (Wildman–Crippen MR) is 67.4 cm³/mol. The van der Waals surface area contributed by atoms with Crippen LogP contribution in [-0.4, -0.2) is 37.5 Å². The van der Waals surface area contributed by atoms with Crippen LogP contribution in [0.25, 0.3) is 0 Å². The van der Waals surface area contributed by atoms with Gasteiger partial charge in [-0.15, -0.1) is 0 Å². The highest BCUT2D eigenvalue weighted by Gasteiger charge is 2.28. The van der Waals surface area contributed by atoms with Gasteiger partial charge in [0.05, 0.1) is 17.3 Å². The molecular weight excluding hydrogens is 264 g/mol. The Hall–Kier alpha value is -0.820. The van der Waals surface area contributed by atoms with Crippen molar-refractivity contribution in [3.63, 3.8) is 0 Å². The molecule has 0 amide bonds. The van der Waals surface area contributed by atoms with E-state index in [2.05, 4.69) is 0 Å². The molecule has 0 spiro atoms. The molecule has 0 radical (unpaired) electrons. The van der Waals surface area contributed by atoms with Gasteiger partial charge in [-0.05, 0) is 19.1 Å². The van der Waals surface area contributed by atoms with Gasteiger partial charge < -0.3 is 10.8 Å². The van der Waals surface area contributed by atoms with Gasteiger partial charge in [0, 0.05) is 13.1 Å². The molecular formula is C10H15ClN2O3S. The Morgan fingerprint density at radius 3 is 2.59 bits per heavy atom. The van der Waals surface area contributed by atoms with E-state index in [1.54, 1.807) is 13.0 Å². The van der Waals surface area contributed by atoms with Crippen molar-refractivity contribution in [2.75, 3.05) is 19.4 Å². The molecule has 1 unspecified atom stereocenters. The SMILES string of the molecule is CC(CO)N(C)S(=O)(=O)c1c(N)cccc1Cl. The molecule has 1 aromatic carbocycles. The Labute approximate surface area is 106 Å². The molecule has 0 aliphatic heterocycles. The van der Waals surface area contributed by atoms with E-state index in [0.717, 1.165) is 4.31 Å². The third kappa shape index (κ3) is 2.71. The highest BCUT2D eigenvalue weighted by molar-refractivity contribution is 7.89. The Morgan fingerprint density at radius 2 is 2.12 bits per heavy atom. The normalized spacial score (nSPS) is 13.9. The van der Waals surface area contributed by atoms with Crippen molar-refractivity contribution >= 4 is 27.3 Å². The van der Waals surface area contributed by atoms with Gasteiger partial charge in [-0.1, -0.05) is 17.7 Å². The van der Waals surface area contributed by atoms with Gasteiger partial charge in [0.15, 0.2) is 0 Å². The van der Waals surface area contributed by atoms with Crippen LogP contribution in [0.15, 0.2) is 23.1 Å². The molecule has 0 aliphatic rings. The van der Waals surface area contributed by atoms with Crippen LogP contribution in [-0.2, 0) is 10.0 Å². The van der Waals surface area contributed by atoms with E-state index in [9.17, 15) is 8.42 Å². The van der Waals surface area contributed by atoms with Crippen molar-refractivity contribution in [1.82, 2.24) is 4.31 Å². The second kappa shape index (κ2) is 5.22. The van der Waals surface area contributed by atoms with Crippen LogP contribution in [0.4, 0.5) is 5.69 Å². The number of nitrogens with zero attached hydrogens (tertiary/aromatic N) is 1. The Kier molecular flexibility index (Phi) is 4.37. The third-order valence-electron chi connectivity index (χ3n) is 2.52. The molecule has 0 heterocycles. The summed E-state index contributed by atoms with van der Waals surface area (Å²) in [6.07, 6.45) is 0. The van der Waals surface area contributed by atoms with Gasteiger partial charge in [0.25, 0.3) is 0 Å². The quantitative estimate of drug-likeness (QED) is 0.803. The largest absolute Gasteiger partial charge is 0.398 e. The summed E-state index contributed by atoms with van der Waals surface area (Å²) < 4.78 is 25.5. The number of rotatable bonds is 4. The lowest BCUT2D eigenvalue weighted by Gasteiger charge is -2.23. The average molecular weight is 279 g/mol. The van der Waals surface area contributed by atoms with Crippen molar-refractivity contribution in [2.24, 2.45) is 0 Å². The maximum Gasteiger partial charge on any atom is 0.246 e. The molecule has 0 aromatic heterocycles. The van der Waals surface area contributed by atoms with Crippen LogP contribution in [0.3, 0.4) is 0 Å². The lowest BCUT2D eigenvalue weighted by molar-refractivity contribution is 0.214. The zero-order valence-electron chi connectivity index (χ0n) is 9.59. The number of benzene rings is 1. The maximum absolute atomic E-state index is 12.2. The summed E-state index contributed by atoms with van der Waals surface area (Å²) in [5.74, 6) is 0. The number of nitrogens with two attached hydrogens (primary N) is 1. The molecule has 7 heteroatoms. The van der Waals surface area contributed by atoms with Crippen LogP contribution in [0, 0.1) is 0 Å². The zero-order valence-corrected chi connectivity index (χ0v) is 11.2. The summed E-state index contributed by atoms with van der Waals surface area (Å²) in [7, 11) is -2.42. The molecule has 3 N–H and O–H groups in total. The van der Waals surface area contributed by atoms with Crippen molar-refractivity contribution in [3.8, 4) is 0 Å². The molecule has 0 bridgehead atoms. The number of hydrogen-bond acceptors (Lipinski definition) is 4. The van der Waals surface area contributed by atoms with E-state index in [0.29, 0.717) is 0 Å². The second-order valence-electron chi connectivity index (χ2n) is 3.71. The van der Waals surface area contributed by atoms with Crippen molar-refractivity contribution < 1.29 is 13.5 Å². The first-order valence-electron chi connectivity index (χ1n) is 4.95. The van der Waals surface area contributed by atoms with Gasteiger partial charge >= 0.3 is 0 Å². The van der Waals surface area contributed by atoms with E-state index in [1.165, 1.54) is 19.2 Å². The lowest BCUT2D eigenvalue weighted by atomic mass is 10.3. The van der Waals surface area contributed by atoms with Crippen LogP contribution in [0.5, 0.6) is 0 Å². The number of sulfonamides is 1. The minimum Gasteiger partial charge on any atom is -0.398 e. The highest BCUT2D eigenvalue weighted by Crippen LogP contribution is 2.29. The smallest absolute Gasteiger partial charge is 0.246 e. The van der Waals surface area contributed by atoms with Crippen LogP contribution in [0.1, 0.15) is 6.92 Å². The summed E-state index contributed by atoms with van der Waals surface area (Å²) >= 11 is 5.86. The number of anilines is 1. The van der Waals surface area contributed by atoms with E-state index in [4.69, 9.17) is 22.4 Å². The van der Waals surface area contributed by atoms with Crippen molar-refractivity contribution in [2.45, 2.75) is 17.9 Å². The fourth-order valence-corrected chi connectivity index (χ4v) is 3.28. The number of aliphatic hydroxyl groups excluding tert-OH is 1. The van der Waals surface area contributed by atoms with Gasteiger partial charge in [0.2, 0.25) is 10.0 Å². The summed E-state index contributed by atoms with van der Waals surface area (Å²) in [6, 6.07) is 3.96. The number of hydrogen-bond donors (Lipinski definition) is 2. The topological polar surface area (TPSA) is 83.6 Å². The highest BCUT2D eigenvalue weighted by atomic mass is 35.5. The Morgan fingerprint density at radius 1 is 1.53 bits per heavy atom. The van der Waals surface area contributed by atoms with E-state index < -0.39 is 16.1 Å². The molecule has 1 atom stereocenters. The predicted octanol–water partition coefficient (Wildman–Crippen LogP) is 0.924.